The third-order valence-electron chi connectivity index (χ3n) is 3.83. The fourth-order valence-corrected chi connectivity index (χ4v) is 3.87. The van der Waals surface area contributed by atoms with Gasteiger partial charge in [0.05, 0.1) is 11.3 Å². The molecule has 9 heteroatoms. The van der Waals surface area contributed by atoms with Gasteiger partial charge in [0.1, 0.15) is 11.1 Å². The zero-order valence-electron chi connectivity index (χ0n) is 15.1. The van der Waals surface area contributed by atoms with Gasteiger partial charge >= 0.3 is 0 Å². The highest BCUT2D eigenvalue weighted by Gasteiger charge is 2.14. The molecule has 0 saturated heterocycles. The van der Waals surface area contributed by atoms with Crippen molar-refractivity contribution in [1.82, 2.24) is 14.8 Å². The topological polar surface area (TPSA) is 86.8 Å². The fourth-order valence-electron chi connectivity index (χ4n) is 2.40. The van der Waals surface area contributed by atoms with Crippen molar-refractivity contribution in [3.05, 3.63) is 41.3 Å². The van der Waals surface area contributed by atoms with Gasteiger partial charge in [0, 0.05) is 32.4 Å². The van der Waals surface area contributed by atoms with Crippen LogP contribution in [0.1, 0.15) is 5.56 Å². The largest absolute Gasteiger partial charge is 0.378 e. The van der Waals surface area contributed by atoms with Gasteiger partial charge in [0.15, 0.2) is 11.0 Å². The van der Waals surface area contributed by atoms with Crippen molar-refractivity contribution in [2.75, 3.05) is 30.1 Å². The second-order valence-corrected chi connectivity index (χ2v) is 7.78. The lowest BCUT2D eigenvalue weighted by Crippen LogP contribution is -2.14. The van der Waals surface area contributed by atoms with Crippen molar-refractivity contribution < 1.29 is 4.79 Å². The van der Waals surface area contributed by atoms with Crippen LogP contribution in [-0.2, 0) is 11.8 Å². The first kappa shape index (κ1) is 18.9. The smallest absolute Gasteiger partial charge is 0.235 e. The van der Waals surface area contributed by atoms with Crippen LogP contribution in [0.2, 0.25) is 0 Å². The predicted molar refractivity (Wildman–Crippen MR) is 109 cm³/mol. The summed E-state index contributed by atoms with van der Waals surface area (Å²) >= 11 is 2.64. The van der Waals surface area contributed by atoms with Crippen LogP contribution in [0.5, 0.6) is 0 Å². The molecule has 0 fully saturated rings. The number of nitrogens with one attached hydrogen (secondary N) is 1. The third-order valence-corrected chi connectivity index (χ3v) is 5.68. The SMILES string of the molecule is CN(C)c1cccc(-c2nnc(SCC(=O)Nc3sccc3C#N)n2C)c1. The van der Waals surface area contributed by atoms with Crippen LogP contribution in [0.3, 0.4) is 0 Å². The van der Waals surface area contributed by atoms with Crippen LogP contribution in [0, 0.1) is 11.3 Å². The van der Waals surface area contributed by atoms with Gasteiger partial charge in [-0.25, -0.2) is 0 Å². The molecule has 0 aliphatic heterocycles. The molecule has 2 heterocycles. The Kier molecular flexibility index (Phi) is 5.78. The van der Waals surface area contributed by atoms with E-state index < -0.39 is 0 Å². The molecular formula is C18H18N6OS2. The number of carbonyl (C=O) groups excluding carboxylic acids is 1. The molecule has 3 aromatic rings. The number of thioether (sulfide) groups is 1. The Hall–Kier alpha value is -2.83. The van der Waals surface area contributed by atoms with Gasteiger partial charge in [-0.1, -0.05) is 23.9 Å². The van der Waals surface area contributed by atoms with Crippen LogP contribution in [-0.4, -0.2) is 40.5 Å². The molecule has 0 aliphatic rings. The molecular weight excluding hydrogens is 380 g/mol. The minimum atomic E-state index is -0.182. The van der Waals surface area contributed by atoms with Crippen molar-refractivity contribution >= 4 is 39.7 Å². The number of anilines is 2. The number of hydrogen-bond donors (Lipinski definition) is 1. The number of nitrogens with zero attached hydrogens (tertiary/aromatic N) is 5. The molecule has 7 nitrogen and oxygen atoms in total. The third kappa shape index (κ3) is 4.30. The quantitative estimate of drug-likeness (QED) is 0.642. The van der Waals surface area contributed by atoms with E-state index in [1.165, 1.54) is 23.1 Å². The zero-order chi connectivity index (χ0) is 19.4. The summed E-state index contributed by atoms with van der Waals surface area (Å²) in [7, 11) is 5.85. The molecule has 0 spiro atoms. The van der Waals surface area contributed by atoms with Gasteiger partial charge in [-0.15, -0.1) is 21.5 Å². The van der Waals surface area contributed by atoms with E-state index in [0.29, 0.717) is 15.7 Å². The van der Waals surface area contributed by atoms with E-state index in [1.807, 2.05) is 54.9 Å². The Morgan fingerprint density at radius 1 is 1.37 bits per heavy atom. The number of benzene rings is 1. The van der Waals surface area contributed by atoms with Gasteiger partial charge in [-0.2, -0.15) is 5.26 Å². The van der Waals surface area contributed by atoms with Crippen molar-refractivity contribution in [2.45, 2.75) is 5.16 Å². The number of hydrogen-bond acceptors (Lipinski definition) is 7. The molecule has 27 heavy (non-hydrogen) atoms. The van der Waals surface area contributed by atoms with Crippen LogP contribution in [0.15, 0.2) is 40.9 Å². The average Bonchev–Trinajstić information content (AvgIpc) is 3.26. The minimum Gasteiger partial charge on any atom is -0.378 e. The number of rotatable bonds is 6. The summed E-state index contributed by atoms with van der Waals surface area (Å²) in [6.45, 7) is 0. The molecule has 0 atom stereocenters. The van der Waals surface area contributed by atoms with Gasteiger partial charge in [0.25, 0.3) is 0 Å². The summed E-state index contributed by atoms with van der Waals surface area (Å²) in [6, 6.07) is 11.8. The Balaban J connectivity index is 1.68. The Labute approximate surface area is 165 Å². The molecule has 2 aromatic heterocycles. The molecule has 3 rings (SSSR count). The first-order valence-corrected chi connectivity index (χ1v) is 9.93. The number of carbonyl (C=O) groups is 1. The number of thiophene rings is 1. The van der Waals surface area contributed by atoms with Crippen LogP contribution in [0.25, 0.3) is 11.4 Å². The first-order chi connectivity index (χ1) is 13.0. The lowest BCUT2D eigenvalue weighted by atomic mass is 10.2. The summed E-state index contributed by atoms with van der Waals surface area (Å²) in [4.78, 5) is 14.2. The molecule has 0 saturated carbocycles. The summed E-state index contributed by atoms with van der Waals surface area (Å²) in [5, 5.41) is 23.2. The standard InChI is InChI=1S/C18H18N6OS2/c1-23(2)14-6-4-5-12(9-14)16-21-22-18(24(16)3)27-11-15(25)20-17-13(10-19)7-8-26-17/h4-9H,11H2,1-3H3,(H,20,25). The van der Waals surface area contributed by atoms with E-state index >= 15 is 0 Å². The highest BCUT2D eigenvalue weighted by molar-refractivity contribution is 7.99. The molecule has 1 aromatic carbocycles. The van der Waals surface area contributed by atoms with Gasteiger partial charge < -0.3 is 14.8 Å². The van der Waals surface area contributed by atoms with Crippen LogP contribution < -0.4 is 10.2 Å². The second kappa shape index (κ2) is 8.24. The van der Waals surface area contributed by atoms with Crippen molar-refractivity contribution in [3.63, 3.8) is 0 Å². The van der Waals surface area contributed by atoms with E-state index in [2.05, 4.69) is 21.6 Å². The number of aromatic nitrogens is 3. The Morgan fingerprint density at radius 2 is 2.19 bits per heavy atom. The molecule has 0 aliphatic carbocycles. The summed E-state index contributed by atoms with van der Waals surface area (Å²) < 4.78 is 1.87. The van der Waals surface area contributed by atoms with E-state index in [4.69, 9.17) is 5.26 Å². The molecule has 1 amide bonds. The fraction of sp³-hybridized carbons (Fsp3) is 0.222. The van der Waals surface area contributed by atoms with Gasteiger partial charge in [0.2, 0.25) is 5.91 Å². The zero-order valence-corrected chi connectivity index (χ0v) is 16.8. The highest BCUT2D eigenvalue weighted by atomic mass is 32.2. The summed E-state index contributed by atoms with van der Waals surface area (Å²) in [5.41, 5.74) is 2.51. The van der Waals surface area contributed by atoms with E-state index in [0.717, 1.165) is 17.1 Å². The Bertz CT molecular complexity index is 1000. The molecule has 0 unspecified atom stereocenters. The van der Waals surface area contributed by atoms with Crippen molar-refractivity contribution in [2.24, 2.45) is 7.05 Å². The van der Waals surface area contributed by atoms with E-state index in [9.17, 15) is 4.79 Å². The Morgan fingerprint density at radius 3 is 2.93 bits per heavy atom. The maximum Gasteiger partial charge on any atom is 0.235 e. The van der Waals surface area contributed by atoms with Crippen LogP contribution >= 0.6 is 23.1 Å². The molecule has 0 radical (unpaired) electrons. The highest BCUT2D eigenvalue weighted by Crippen LogP contribution is 2.26. The van der Waals surface area contributed by atoms with E-state index in [1.54, 1.807) is 11.4 Å². The average molecular weight is 399 g/mol. The predicted octanol–water partition coefficient (Wildman–Crippen LogP) is 3.21. The maximum atomic E-state index is 12.2. The van der Waals surface area contributed by atoms with Gasteiger partial charge in [-0.05, 0) is 23.6 Å². The number of amides is 1. The molecule has 1 N–H and O–H groups in total. The normalized spacial score (nSPS) is 10.4. The van der Waals surface area contributed by atoms with Crippen molar-refractivity contribution in [3.8, 4) is 17.5 Å². The lowest BCUT2D eigenvalue weighted by molar-refractivity contribution is -0.113. The number of nitriles is 1. The van der Waals surface area contributed by atoms with Crippen molar-refractivity contribution in [1.29, 1.82) is 5.26 Å². The van der Waals surface area contributed by atoms with Crippen LogP contribution in [0.4, 0.5) is 10.7 Å². The summed E-state index contributed by atoms with van der Waals surface area (Å²) in [6.07, 6.45) is 0. The van der Waals surface area contributed by atoms with E-state index in [-0.39, 0.29) is 11.7 Å². The second-order valence-electron chi connectivity index (χ2n) is 5.92. The minimum absolute atomic E-state index is 0.182. The monoisotopic (exact) mass is 398 g/mol. The molecule has 0 bridgehead atoms. The first-order valence-electron chi connectivity index (χ1n) is 8.07. The van der Waals surface area contributed by atoms with Gasteiger partial charge in [-0.3, -0.25) is 4.79 Å². The lowest BCUT2D eigenvalue weighted by Gasteiger charge is -2.13. The summed E-state index contributed by atoms with van der Waals surface area (Å²) in [5.74, 6) is 0.747. The maximum absolute atomic E-state index is 12.2. The molecule has 138 valence electrons.